The minimum Gasteiger partial charge on any atom is -0.389 e. The maximum absolute atomic E-state index is 12.2. The number of aliphatic hydroxyl groups is 2. The van der Waals surface area contributed by atoms with Crippen molar-refractivity contribution in [2.75, 3.05) is 5.32 Å². The van der Waals surface area contributed by atoms with Crippen molar-refractivity contribution in [2.45, 2.75) is 76.9 Å². The van der Waals surface area contributed by atoms with Gasteiger partial charge in [-0.25, -0.2) is 4.98 Å². The number of hydrogen-bond acceptors (Lipinski definition) is 5. The molecule has 6 heteroatoms. The molecule has 0 saturated heterocycles. The van der Waals surface area contributed by atoms with E-state index < -0.39 is 5.60 Å². The number of aromatic nitrogens is 1. The van der Waals surface area contributed by atoms with Crippen molar-refractivity contribution in [2.24, 2.45) is 28.6 Å². The highest BCUT2D eigenvalue weighted by atomic mass is 35.5. The van der Waals surface area contributed by atoms with Crippen LogP contribution in [0.25, 0.3) is 0 Å². The topological polar surface area (TPSA) is 65.4 Å². The summed E-state index contributed by atoms with van der Waals surface area (Å²) in [5, 5.41) is 29.3. The normalized spacial score (nSPS) is 41.3. The van der Waals surface area contributed by atoms with Crippen molar-refractivity contribution >= 4 is 33.8 Å². The van der Waals surface area contributed by atoms with Crippen LogP contribution >= 0.6 is 22.9 Å². The van der Waals surface area contributed by atoms with E-state index in [0.717, 1.165) is 61.5 Å². The van der Waals surface area contributed by atoms with E-state index in [-0.39, 0.29) is 16.9 Å². The van der Waals surface area contributed by atoms with E-state index in [9.17, 15) is 10.2 Å². The fourth-order valence-electron chi connectivity index (χ4n) is 8.36. The SMILES string of the molecule is C[C@]12CC[C@H](O)C=C1CC[C@@H]1[C@@H]2CC[C@@]2(C)[C@H]1CCC2(O)c1csc(Nc2cccc(Cl)c2)n1. The lowest BCUT2D eigenvalue weighted by atomic mass is 9.46. The monoisotopic (exact) mass is 498 g/mol. The largest absolute Gasteiger partial charge is 0.389 e. The number of fused-ring (bicyclic) bond motifs is 5. The standard InChI is InChI=1S/C28H35ClN2O2S/c1-26-11-8-20(32)14-17(26)6-7-21-22(26)9-12-27(2)23(21)10-13-28(27,33)24-16-34-25(31-24)30-19-5-3-4-18(29)15-19/h3-5,14-16,20-23,32-33H,6-13H2,1-2H3,(H,30,31)/t20-,21+,22-,23-,26-,27-,28?/m0/s1. The fourth-order valence-corrected chi connectivity index (χ4v) is 9.35. The molecule has 0 bridgehead atoms. The van der Waals surface area contributed by atoms with Gasteiger partial charge in [0.2, 0.25) is 0 Å². The summed E-state index contributed by atoms with van der Waals surface area (Å²) >= 11 is 7.69. The number of anilines is 2. The molecule has 3 fully saturated rings. The Morgan fingerprint density at radius 2 is 1.91 bits per heavy atom. The minimum atomic E-state index is -0.882. The highest BCUT2D eigenvalue weighted by Crippen LogP contribution is 2.69. The zero-order valence-corrected chi connectivity index (χ0v) is 21.6. The zero-order chi connectivity index (χ0) is 23.7. The van der Waals surface area contributed by atoms with Crippen LogP contribution in [0, 0.1) is 28.6 Å². The van der Waals surface area contributed by atoms with Crippen molar-refractivity contribution in [3.63, 3.8) is 0 Å². The van der Waals surface area contributed by atoms with E-state index in [0.29, 0.717) is 22.8 Å². The van der Waals surface area contributed by atoms with E-state index in [2.05, 4.69) is 30.6 Å². The van der Waals surface area contributed by atoms with E-state index in [1.165, 1.54) is 12.0 Å². The van der Waals surface area contributed by atoms with Gasteiger partial charge in [-0.2, -0.15) is 0 Å². The third-order valence-electron chi connectivity index (χ3n) is 10.2. The van der Waals surface area contributed by atoms with Gasteiger partial charge in [-0.05, 0) is 92.7 Å². The van der Waals surface area contributed by atoms with Crippen LogP contribution in [0.2, 0.25) is 5.02 Å². The number of nitrogens with one attached hydrogen (secondary N) is 1. The molecule has 1 unspecified atom stereocenters. The van der Waals surface area contributed by atoms with Gasteiger partial charge in [0.15, 0.2) is 5.13 Å². The van der Waals surface area contributed by atoms with Crippen LogP contribution in [0.4, 0.5) is 10.8 Å². The van der Waals surface area contributed by atoms with Crippen molar-refractivity contribution in [1.82, 2.24) is 4.98 Å². The molecule has 0 spiro atoms. The lowest BCUT2D eigenvalue weighted by molar-refractivity contribution is -0.134. The van der Waals surface area contributed by atoms with Crippen LogP contribution in [0.1, 0.15) is 70.9 Å². The van der Waals surface area contributed by atoms with Gasteiger partial charge in [0.1, 0.15) is 5.60 Å². The molecular formula is C28H35ClN2O2S. The summed E-state index contributed by atoms with van der Waals surface area (Å²) in [7, 11) is 0. The van der Waals surface area contributed by atoms with Crippen LogP contribution in [0.15, 0.2) is 41.3 Å². The Hall–Kier alpha value is -1.40. The van der Waals surface area contributed by atoms with Gasteiger partial charge in [-0.3, -0.25) is 0 Å². The van der Waals surface area contributed by atoms with E-state index in [4.69, 9.17) is 16.6 Å². The van der Waals surface area contributed by atoms with Crippen molar-refractivity contribution in [3.8, 4) is 0 Å². The fraction of sp³-hybridized carbons (Fsp3) is 0.607. The van der Waals surface area contributed by atoms with Gasteiger partial charge in [0, 0.05) is 21.5 Å². The lowest BCUT2D eigenvalue weighted by Crippen LogP contribution is -2.54. The first-order valence-corrected chi connectivity index (χ1v) is 14.1. The number of aliphatic hydroxyl groups excluding tert-OH is 1. The average Bonchev–Trinajstić information content (AvgIpc) is 3.37. The Morgan fingerprint density at radius 3 is 2.74 bits per heavy atom. The number of rotatable bonds is 3. The van der Waals surface area contributed by atoms with Crippen molar-refractivity contribution < 1.29 is 10.2 Å². The summed E-state index contributed by atoms with van der Waals surface area (Å²) in [6, 6.07) is 7.65. The Kier molecular flexibility index (Phi) is 5.46. The summed E-state index contributed by atoms with van der Waals surface area (Å²) in [6.07, 6.45) is 10.2. The average molecular weight is 499 g/mol. The molecule has 182 valence electrons. The van der Waals surface area contributed by atoms with Gasteiger partial charge in [0.05, 0.1) is 11.8 Å². The zero-order valence-electron chi connectivity index (χ0n) is 20.1. The Labute approximate surface area is 211 Å². The van der Waals surface area contributed by atoms with Crippen molar-refractivity contribution in [1.29, 1.82) is 0 Å². The molecule has 4 aliphatic rings. The Balaban J connectivity index is 1.27. The highest BCUT2D eigenvalue weighted by molar-refractivity contribution is 7.13. The summed E-state index contributed by atoms with van der Waals surface area (Å²) in [6.45, 7) is 4.79. The van der Waals surface area contributed by atoms with Crippen LogP contribution < -0.4 is 5.32 Å². The van der Waals surface area contributed by atoms with Crippen molar-refractivity contribution in [3.05, 3.63) is 52.0 Å². The van der Waals surface area contributed by atoms with Crippen LogP contribution in [-0.4, -0.2) is 21.3 Å². The maximum atomic E-state index is 12.2. The number of allylic oxidation sites excluding steroid dienone is 1. The van der Waals surface area contributed by atoms with E-state index >= 15 is 0 Å². The Morgan fingerprint density at radius 1 is 1.09 bits per heavy atom. The smallest absolute Gasteiger partial charge is 0.187 e. The van der Waals surface area contributed by atoms with E-state index in [1.54, 1.807) is 11.3 Å². The molecule has 1 aromatic heterocycles. The van der Waals surface area contributed by atoms with Gasteiger partial charge >= 0.3 is 0 Å². The maximum Gasteiger partial charge on any atom is 0.187 e. The summed E-state index contributed by atoms with van der Waals surface area (Å²) in [4.78, 5) is 4.89. The predicted molar refractivity (Wildman–Crippen MR) is 138 cm³/mol. The molecule has 1 aromatic carbocycles. The number of nitrogens with zero attached hydrogens (tertiary/aromatic N) is 1. The van der Waals surface area contributed by atoms with Gasteiger partial charge < -0.3 is 15.5 Å². The lowest BCUT2D eigenvalue weighted by Gasteiger charge is -2.59. The molecule has 1 heterocycles. The molecule has 4 aliphatic carbocycles. The first kappa shape index (κ1) is 23.0. The molecule has 0 aliphatic heterocycles. The predicted octanol–water partition coefficient (Wildman–Crippen LogP) is 7.05. The van der Waals surface area contributed by atoms with Gasteiger partial charge in [0.25, 0.3) is 0 Å². The van der Waals surface area contributed by atoms with Crippen LogP contribution in [0.5, 0.6) is 0 Å². The molecule has 0 radical (unpaired) electrons. The summed E-state index contributed by atoms with van der Waals surface area (Å²) < 4.78 is 0. The van der Waals surface area contributed by atoms with Gasteiger partial charge in [-0.15, -0.1) is 11.3 Å². The molecule has 0 amide bonds. The Bertz CT molecular complexity index is 1130. The highest BCUT2D eigenvalue weighted by Gasteiger charge is 2.65. The number of hydrogen-bond donors (Lipinski definition) is 3. The molecule has 7 atom stereocenters. The van der Waals surface area contributed by atoms with E-state index in [1.807, 2.05) is 24.3 Å². The number of thiazole rings is 1. The number of halogens is 1. The van der Waals surface area contributed by atoms with Gasteiger partial charge in [-0.1, -0.05) is 43.2 Å². The molecule has 3 N–H and O–H groups in total. The van der Waals surface area contributed by atoms with Crippen LogP contribution in [-0.2, 0) is 5.60 Å². The van der Waals surface area contributed by atoms with Crippen LogP contribution in [0.3, 0.4) is 0 Å². The summed E-state index contributed by atoms with van der Waals surface area (Å²) in [5.74, 6) is 1.83. The summed E-state index contributed by atoms with van der Waals surface area (Å²) in [5.41, 5.74) is 2.43. The minimum absolute atomic E-state index is 0.151. The molecular weight excluding hydrogens is 464 g/mol. The molecule has 3 saturated carbocycles. The third kappa shape index (κ3) is 3.34. The third-order valence-corrected chi connectivity index (χ3v) is 11.2. The second-order valence-corrected chi connectivity index (χ2v) is 13.0. The first-order valence-electron chi connectivity index (χ1n) is 12.8. The number of benzene rings is 1. The molecule has 6 rings (SSSR count). The molecule has 4 nitrogen and oxygen atoms in total. The first-order chi connectivity index (χ1) is 16.2. The quantitative estimate of drug-likeness (QED) is 0.396. The molecule has 34 heavy (non-hydrogen) atoms. The molecule has 2 aromatic rings. The second kappa shape index (κ2) is 8.06. The second-order valence-electron chi connectivity index (χ2n) is 11.7.